The molecule has 2 aromatic carbocycles. The molecule has 164 valence electrons. The van der Waals surface area contributed by atoms with Crippen molar-refractivity contribution in [1.29, 1.82) is 0 Å². The fraction of sp³-hybridized carbons (Fsp3) is 0.333. The molecule has 7 heteroatoms. The maximum atomic E-state index is 11.4. The van der Waals surface area contributed by atoms with Crippen molar-refractivity contribution in [2.75, 3.05) is 13.2 Å². The predicted octanol–water partition coefficient (Wildman–Crippen LogP) is 3.47. The maximum absolute atomic E-state index is 11.4. The molecule has 0 bridgehead atoms. The average Bonchev–Trinajstić information content (AvgIpc) is 2.75. The number of carboxylic acid groups (broad SMARTS) is 1. The molecule has 1 heterocycles. The van der Waals surface area contributed by atoms with Gasteiger partial charge in [0.25, 0.3) is 0 Å². The Hall–Kier alpha value is -3.16. The Bertz CT molecular complexity index is 1010. The molecule has 0 aliphatic heterocycles. The number of carbonyl (C=O) groups is 1. The van der Waals surface area contributed by atoms with Crippen molar-refractivity contribution >= 4 is 16.9 Å². The van der Waals surface area contributed by atoms with Crippen LogP contribution >= 0.6 is 0 Å². The zero-order valence-electron chi connectivity index (χ0n) is 17.6. The summed E-state index contributed by atoms with van der Waals surface area (Å²) in [5.74, 6) is -0.0337. The molecule has 0 fully saturated rings. The first-order valence-corrected chi connectivity index (χ1v) is 10.2. The lowest BCUT2D eigenvalue weighted by Crippen LogP contribution is -2.29. The van der Waals surface area contributed by atoms with E-state index in [1.54, 1.807) is 38.1 Å². The second-order valence-electron chi connectivity index (χ2n) is 7.48. The highest BCUT2D eigenvalue weighted by Gasteiger charge is 2.20. The first-order chi connectivity index (χ1) is 14.9. The van der Waals surface area contributed by atoms with Crippen LogP contribution in [0.2, 0.25) is 0 Å². The molecule has 0 saturated carbocycles. The summed E-state index contributed by atoms with van der Waals surface area (Å²) in [5.41, 5.74) is 1.60. The molecule has 2 unspecified atom stereocenters. The summed E-state index contributed by atoms with van der Waals surface area (Å²) < 4.78 is 16.7. The van der Waals surface area contributed by atoms with Crippen molar-refractivity contribution in [2.45, 2.75) is 38.6 Å². The zero-order chi connectivity index (χ0) is 22.2. The molecule has 1 aromatic heterocycles. The summed E-state index contributed by atoms with van der Waals surface area (Å²) in [5, 5.41) is 20.5. The average molecular weight is 425 g/mol. The highest BCUT2D eigenvalue weighted by atomic mass is 16.5. The van der Waals surface area contributed by atoms with Crippen LogP contribution in [0, 0.1) is 0 Å². The lowest BCUT2D eigenvalue weighted by molar-refractivity contribution is -0.153. The largest absolute Gasteiger partial charge is 0.491 e. The van der Waals surface area contributed by atoms with Gasteiger partial charge in [-0.1, -0.05) is 30.3 Å². The molecule has 2 N–H and O–H groups in total. The third kappa shape index (κ3) is 6.94. The van der Waals surface area contributed by atoms with Gasteiger partial charge in [0.05, 0.1) is 11.6 Å². The molecule has 31 heavy (non-hydrogen) atoms. The second kappa shape index (κ2) is 10.7. The second-order valence-corrected chi connectivity index (χ2v) is 7.48. The van der Waals surface area contributed by atoms with Crippen LogP contribution in [0.25, 0.3) is 10.9 Å². The van der Waals surface area contributed by atoms with Crippen LogP contribution in [0.5, 0.6) is 11.6 Å². The number of ether oxygens (including phenoxy) is 3. The number of hydrogen-bond acceptors (Lipinski definition) is 6. The molecule has 3 rings (SSSR count). The SMILES string of the molecule is CC(C)OC(Cc1cccc(OCC(O)COc2ccc3ccccc3n2)c1)C(=O)O. The molecule has 0 radical (unpaired) electrons. The normalized spacial score (nSPS) is 13.2. The highest BCUT2D eigenvalue weighted by Crippen LogP contribution is 2.18. The number of aliphatic carboxylic acids is 1. The van der Waals surface area contributed by atoms with Gasteiger partial charge in [-0.2, -0.15) is 0 Å². The molecule has 0 aliphatic rings. The van der Waals surface area contributed by atoms with Gasteiger partial charge >= 0.3 is 5.97 Å². The van der Waals surface area contributed by atoms with Gasteiger partial charge in [0.15, 0.2) is 6.10 Å². The van der Waals surface area contributed by atoms with Gasteiger partial charge in [0, 0.05) is 17.9 Å². The Morgan fingerprint density at radius 3 is 2.55 bits per heavy atom. The summed E-state index contributed by atoms with van der Waals surface area (Å²) in [6.07, 6.45) is -1.74. The minimum atomic E-state index is -1.00. The van der Waals surface area contributed by atoms with Crippen LogP contribution in [0.15, 0.2) is 60.7 Å². The van der Waals surface area contributed by atoms with E-state index in [1.807, 2.05) is 36.4 Å². The van der Waals surface area contributed by atoms with E-state index in [4.69, 9.17) is 14.2 Å². The minimum absolute atomic E-state index is 0.0297. The number of fused-ring (bicyclic) bond motifs is 1. The molecule has 0 spiro atoms. The van der Waals surface area contributed by atoms with Crippen molar-refractivity contribution in [3.63, 3.8) is 0 Å². The number of rotatable bonds is 11. The molecule has 7 nitrogen and oxygen atoms in total. The summed E-state index contributed by atoms with van der Waals surface area (Å²) in [6.45, 7) is 3.66. The van der Waals surface area contributed by atoms with Gasteiger partial charge in [-0.15, -0.1) is 0 Å². The molecular weight excluding hydrogens is 398 g/mol. The standard InChI is InChI=1S/C24H27NO6/c1-16(2)31-22(24(27)28)13-17-6-5-8-20(12-17)29-14-19(26)15-30-23-11-10-18-7-3-4-9-21(18)25-23/h3-12,16,19,22,26H,13-15H2,1-2H3,(H,27,28). The zero-order valence-corrected chi connectivity index (χ0v) is 17.6. The van der Waals surface area contributed by atoms with Crippen molar-refractivity contribution in [2.24, 2.45) is 0 Å². The van der Waals surface area contributed by atoms with Crippen LogP contribution < -0.4 is 9.47 Å². The molecule has 2 atom stereocenters. The topological polar surface area (TPSA) is 98.1 Å². The Labute approximate surface area is 181 Å². The molecule has 0 amide bonds. The Balaban J connectivity index is 1.50. The van der Waals surface area contributed by atoms with E-state index in [0.29, 0.717) is 11.6 Å². The third-order valence-electron chi connectivity index (χ3n) is 4.47. The number of para-hydroxylation sites is 1. The van der Waals surface area contributed by atoms with E-state index in [2.05, 4.69) is 4.98 Å². The molecule has 0 aliphatic carbocycles. The van der Waals surface area contributed by atoms with Crippen molar-refractivity contribution in [3.8, 4) is 11.6 Å². The van der Waals surface area contributed by atoms with Crippen LogP contribution in [0.1, 0.15) is 19.4 Å². The van der Waals surface area contributed by atoms with Crippen molar-refractivity contribution in [1.82, 2.24) is 4.98 Å². The van der Waals surface area contributed by atoms with Gasteiger partial charge in [-0.3, -0.25) is 0 Å². The third-order valence-corrected chi connectivity index (χ3v) is 4.47. The van der Waals surface area contributed by atoms with Crippen molar-refractivity contribution < 1.29 is 29.2 Å². The Kier molecular flexibility index (Phi) is 7.81. The predicted molar refractivity (Wildman–Crippen MR) is 117 cm³/mol. The Morgan fingerprint density at radius 1 is 1.00 bits per heavy atom. The first-order valence-electron chi connectivity index (χ1n) is 10.2. The number of hydrogen-bond donors (Lipinski definition) is 2. The first kappa shape index (κ1) is 22.5. The van der Waals surface area contributed by atoms with Crippen LogP contribution in [-0.2, 0) is 16.0 Å². The van der Waals surface area contributed by atoms with E-state index in [-0.39, 0.29) is 25.7 Å². The minimum Gasteiger partial charge on any atom is -0.491 e. The summed E-state index contributed by atoms with van der Waals surface area (Å²) in [7, 11) is 0. The fourth-order valence-corrected chi connectivity index (χ4v) is 3.05. The number of aliphatic hydroxyl groups is 1. The smallest absolute Gasteiger partial charge is 0.333 e. The molecule has 3 aromatic rings. The van der Waals surface area contributed by atoms with Crippen LogP contribution in [-0.4, -0.2) is 52.7 Å². The van der Waals surface area contributed by atoms with Crippen LogP contribution in [0.3, 0.4) is 0 Å². The number of benzene rings is 2. The van der Waals surface area contributed by atoms with E-state index in [1.165, 1.54) is 0 Å². The van der Waals surface area contributed by atoms with Crippen molar-refractivity contribution in [3.05, 3.63) is 66.2 Å². The monoisotopic (exact) mass is 425 g/mol. The number of nitrogens with zero attached hydrogens (tertiary/aromatic N) is 1. The van der Waals surface area contributed by atoms with E-state index in [9.17, 15) is 15.0 Å². The summed E-state index contributed by atoms with van der Waals surface area (Å²) >= 11 is 0. The van der Waals surface area contributed by atoms with Crippen LogP contribution in [0.4, 0.5) is 0 Å². The number of pyridine rings is 1. The number of aliphatic hydroxyl groups excluding tert-OH is 1. The van der Waals surface area contributed by atoms with E-state index in [0.717, 1.165) is 16.5 Å². The fourth-order valence-electron chi connectivity index (χ4n) is 3.05. The quantitative estimate of drug-likeness (QED) is 0.485. The van der Waals surface area contributed by atoms with Gasteiger partial charge < -0.3 is 24.4 Å². The molecular formula is C24H27NO6. The summed E-state index contributed by atoms with van der Waals surface area (Å²) in [4.78, 5) is 15.8. The van der Waals surface area contributed by atoms with Gasteiger partial charge in [0.2, 0.25) is 5.88 Å². The molecule has 0 saturated heterocycles. The van der Waals surface area contributed by atoms with E-state index >= 15 is 0 Å². The van der Waals surface area contributed by atoms with Gasteiger partial charge in [0.1, 0.15) is 25.1 Å². The number of aromatic nitrogens is 1. The summed E-state index contributed by atoms with van der Waals surface area (Å²) in [6, 6.07) is 18.5. The van der Waals surface area contributed by atoms with E-state index < -0.39 is 18.2 Å². The van der Waals surface area contributed by atoms with Gasteiger partial charge in [-0.25, -0.2) is 9.78 Å². The Morgan fingerprint density at radius 2 is 1.77 bits per heavy atom. The highest BCUT2D eigenvalue weighted by molar-refractivity contribution is 5.78. The van der Waals surface area contributed by atoms with Gasteiger partial charge in [-0.05, 0) is 43.7 Å². The maximum Gasteiger partial charge on any atom is 0.333 e. The lowest BCUT2D eigenvalue weighted by atomic mass is 10.1. The lowest BCUT2D eigenvalue weighted by Gasteiger charge is -2.17. The number of carboxylic acids is 1.